The first-order chi connectivity index (χ1) is 7.79. The molecule has 0 aliphatic carbocycles. The molecule has 0 spiro atoms. The van der Waals surface area contributed by atoms with Crippen LogP contribution in [0.3, 0.4) is 0 Å². The van der Waals surface area contributed by atoms with Crippen molar-refractivity contribution in [3.05, 3.63) is 34.9 Å². The smallest absolute Gasteiger partial charge is 0.00877 e. The van der Waals surface area contributed by atoms with Crippen LogP contribution in [0, 0.1) is 19.3 Å². The molecule has 0 radical (unpaired) electrons. The first-order valence-corrected chi connectivity index (χ1v) is 6.62. The van der Waals surface area contributed by atoms with Crippen molar-refractivity contribution in [1.82, 2.24) is 0 Å². The monoisotopic (exact) mass is 233 g/mol. The van der Waals surface area contributed by atoms with E-state index in [2.05, 4.69) is 52.8 Å². The Hall–Kier alpha value is -0.820. The highest BCUT2D eigenvalue weighted by Crippen LogP contribution is 2.21. The SMILES string of the molecule is Cc1cc(C)cc(CCCC(N)C(C)(C)C)c1. The summed E-state index contributed by atoms with van der Waals surface area (Å²) >= 11 is 0. The lowest BCUT2D eigenvalue weighted by Crippen LogP contribution is -2.34. The molecular weight excluding hydrogens is 206 g/mol. The highest BCUT2D eigenvalue weighted by atomic mass is 14.7. The van der Waals surface area contributed by atoms with Crippen LogP contribution in [0.4, 0.5) is 0 Å². The number of aryl methyl sites for hydroxylation is 3. The molecule has 0 bridgehead atoms. The molecule has 1 heteroatoms. The van der Waals surface area contributed by atoms with Crippen LogP contribution in [0.15, 0.2) is 18.2 Å². The standard InChI is InChI=1S/C16H27N/c1-12-9-13(2)11-14(10-12)7-6-8-15(17)16(3,4)5/h9-11,15H,6-8,17H2,1-5H3. The Morgan fingerprint density at radius 1 is 1.06 bits per heavy atom. The molecular formula is C16H27N. The molecule has 0 aliphatic heterocycles. The Balaban J connectivity index is 2.46. The summed E-state index contributed by atoms with van der Waals surface area (Å²) in [5, 5.41) is 0. The second kappa shape index (κ2) is 5.68. The van der Waals surface area contributed by atoms with Crippen LogP contribution in [0.1, 0.15) is 50.3 Å². The second-order valence-electron chi connectivity index (χ2n) is 6.36. The number of hydrogen-bond acceptors (Lipinski definition) is 1. The molecule has 1 unspecified atom stereocenters. The zero-order chi connectivity index (χ0) is 13.1. The first kappa shape index (κ1) is 14.2. The maximum absolute atomic E-state index is 6.17. The van der Waals surface area contributed by atoms with E-state index in [1.165, 1.54) is 23.1 Å². The zero-order valence-electron chi connectivity index (χ0n) is 12.0. The number of hydrogen-bond donors (Lipinski definition) is 1. The van der Waals surface area contributed by atoms with Gasteiger partial charge < -0.3 is 5.73 Å². The summed E-state index contributed by atoms with van der Waals surface area (Å²) < 4.78 is 0. The summed E-state index contributed by atoms with van der Waals surface area (Å²) in [5.41, 5.74) is 10.6. The lowest BCUT2D eigenvalue weighted by molar-refractivity contribution is 0.301. The van der Waals surface area contributed by atoms with Crippen molar-refractivity contribution in [3.63, 3.8) is 0 Å². The van der Waals surface area contributed by atoms with Gasteiger partial charge in [-0.15, -0.1) is 0 Å². The van der Waals surface area contributed by atoms with Crippen molar-refractivity contribution in [2.24, 2.45) is 11.1 Å². The molecule has 0 amide bonds. The van der Waals surface area contributed by atoms with Gasteiger partial charge in [0.2, 0.25) is 0 Å². The van der Waals surface area contributed by atoms with Gasteiger partial charge in [0.05, 0.1) is 0 Å². The minimum absolute atomic E-state index is 0.225. The van der Waals surface area contributed by atoms with Gasteiger partial charge in [-0.3, -0.25) is 0 Å². The summed E-state index contributed by atoms with van der Waals surface area (Å²) in [7, 11) is 0. The van der Waals surface area contributed by atoms with E-state index in [1.54, 1.807) is 0 Å². The molecule has 0 saturated carbocycles. The molecule has 0 fully saturated rings. The van der Waals surface area contributed by atoms with Crippen molar-refractivity contribution in [1.29, 1.82) is 0 Å². The first-order valence-electron chi connectivity index (χ1n) is 6.62. The molecule has 2 N–H and O–H groups in total. The molecule has 0 saturated heterocycles. The van der Waals surface area contributed by atoms with Crippen molar-refractivity contribution in [2.75, 3.05) is 0 Å². The highest BCUT2D eigenvalue weighted by Gasteiger charge is 2.19. The van der Waals surface area contributed by atoms with Gasteiger partial charge in [-0.1, -0.05) is 50.1 Å². The van der Waals surface area contributed by atoms with Crippen LogP contribution < -0.4 is 5.73 Å². The maximum Gasteiger partial charge on any atom is 0.00877 e. The fraction of sp³-hybridized carbons (Fsp3) is 0.625. The Labute approximate surface area is 106 Å². The fourth-order valence-electron chi connectivity index (χ4n) is 2.17. The van der Waals surface area contributed by atoms with Crippen molar-refractivity contribution >= 4 is 0 Å². The zero-order valence-corrected chi connectivity index (χ0v) is 12.0. The molecule has 0 heterocycles. The van der Waals surface area contributed by atoms with Crippen molar-refractivity contribution < 1.29 is 0 Å². The van der Waals surface area contributed by atoms with E-state index < -0.39 is 0 Å². The van der Waals surface area contributed by atoms with Gasteiger partial charge in [-0.05, 0) is 44.1 Å². The van der Waals surface area contributed by atoms with E-state index in [1.807, 2.05) is 0 Å². The number of rotatable bonds is 4. The van der Waals surface area contributed by atoms with Gasteiger partial charge in [0.25, 0.3) is 0 Å². The lowest BCUT2D eigenvalue weighted by atomic mass is 9.84. The van der Waals surface area contributed by atoms with Crippen LogP contribution in [0.5, 0.6) is 0 Å². The summed E-state index contributed by atoms with van der Waals surface area (Å²) in [5.74, 6) is 0. The van der Waals surface area contributed by atoms with E-state index in [-0.39, 0.29) is 5.41 Å². The maximum atomic E-state index is 6.17. The Bertz CT molecular complexity index is 340. The van der Waals surface area contributed by atoms with Gasteiger partial charge in [0, 0.05) is 6.04 Å². The van der Waals surface area contributed by atoms with Gasteiger partial charge in [0.1, 0.15) is 0 Å². The average molecular weight is 233 g/mol. The summed E-state index contributed by atoms with van der Waals surface area (Å²) in [4.78, 5) is 0. The molecule has 17 heavy (non-hydrogen) atoms. The van der Waals surface area contributed by atoms with E-state index in [9.17, 15) is 0 Å². The number of benzene rings is 1. The van der Waals surface area contributed by atoms with Crippen LogP contribution in [-0.4, -0.2) is 6.04 Å². The molecule has 1 rings (SSSR count). The van der Waals surface area contributed by atoms with Crippen LogP contribution in [-0.2, 0) is 6.42 Å². The molecule has 96 valence electrons. The summed E-state index contributed by atoms with van der Waals surface area (Å²) in [6.45, 7) is 11.0. The van der Waals surface area contributed by atoms with Gasteiger partial charge in [-0.25, -0.2) is 0 Å². The molecule has 1 aromatic rings. The third-order valence-corrected chi connectivity index (χ3v) is 3.37. The predicted octanol–water partition coefficient (Wildman–Crippen LogP) is 4.00. The van der Waals surface area contributed by atoms with Crippen molar-refractivity contribution in [2.45, 2.75) is 59.9 Å². The van der Waals surface area contributed by atoms with E-state index in [4.69, 9.17) is 5.73 Å². The van der Waals surface area contributed by atoms with E-state index in [0.717, 1.165) is 12.8 Å². The highest BCUT2D eigenvalue weighted by molar-refractivity contribution is 5.28. The summed E-state index contributed by atoms with van der Waals surface area (Å²) in [6, 6.07) is 7.10. The number of nitrogens with two attached hydrogens (primary N) is 1. The third-order valence-electron chi connectivity index (χ3n) is 3.37. The Morgan fingerprint density at radius 2 is 1.59 bits per heavy atom. The topological polar surface area (TPSA) is 26.0 Å². The van der Waals surface area contributed by atoms with Gasteiger partial charge in [0.15, 0.2) is 0 Å². The lowest BCUT2D eigenvalue weighted by Gasteiger charge is -2.27. The van der Waals surface area contributed by atoms with Crippen LogP contribution >= 0.6 is 0 Å². The molecule has 1 aromatic carbocycles. The van der Waals surface area contributed by atoms with Gasteiger partial charge in [-0.2, -0.15) is 0 Å². The molecule has 0 aliphatic rings. The third kappa shape index (κ3) is 4.91. The molecule has 0 aromatic heterocycles. The largest absolute Gasteiger partial charge is 0.327 e. The van der Waals surface area contributed by atoms with Crippen molar-refractivity contribution in [3.8, 4) is 0 Å². The minimum Gasteiger partial charge on any atom is -0.327 e. The summed E-state index contributed by atoms with van der Waals surface area (Å²) in [6.07, 6.45) is 3.43. The molecule has 1 atom stereocenters. The van der Waals surface area contributed by atoms with Crippen LogP contribution in [0.25, 0.3) is 0 Å². The normalized spacial score (nSPS) is 13.8. The Morgan fingerprint density at radius 3 is 2.06 bits per heavy atom. The Kier molecular flexibility index (Phi) is 4.76. The quantitative estimate of drug-likeness (QED) is 0.835. The average Bonchev–Trinajstić information content (AvgIpc) is 2.14. The predicted molar refractivity (Wildman–Crippen MR) is 76.3 cm³/mol. The van der Waals surface area contributed by atoms with Crippen LogP contribution in [0.2, 0.25) is 0 Å². The fourth-order valence-corrected chi connectivity index (χ4v) is 2.17. The minimum atomic E-state index is 0.225. The molecule has 1 nitrogen and oxygen atoms in total. The second-order valence-corrected chi connectivity index (χ2v) is 6.36. The van der Waals surface area contributed by atoms with E-state index in [0.29, 0.717) is 6.04 Å². The van der Waals surface area contributed by atoms with Gasteiger partial charge >= 0.3 is 0 Å². The van der Waals surface area contributed by atoms with E-state index >= 15 is 0 Å².